The summed E-state index contributed by atoms with van der Waals surface area (Å²) >= 11 is 0. The van der Waals surface area contributed by atoms with Crippen LogP contribution in [0.4, 0.5) is 0 Å². The van der Waals surface area contributed by atoms with Gasteiger partial charge in [0.1, 0.15) is 44.7 Å². The summed E-state index contributed by atoms with van der Waals surface area (Å²) in [6.45, 7) is 0. The molecule has 0 radical (unpaired) electrons. The molecule has 694 valence electrons. The fraction of sp³-hybridized carbons (Fsp3) is 0. The first kappa shape index (κ1) is 71.7. The lowest BCUT2D eigenvalue weighted by atomic mass is 9.84. The molecule has 5 nitrogen and oxygen atoms in total. The highest BCUT2D eigenvalue weighted by Gasteiger charge is 2.29. The highest BCUT2D eigenvalue weighted by molar-refractivity contribution is 6.28. The minimum absolute atomic E-state index is 0.191. The minimum atomic E-state index is -0.410. The molecule has 0 amide bonds. The Hall–Kier alpha value is -19.7. The molecule has 0 aliphatic carbocycles. The zero-order valence-corrected chi connectivity index (χ0v) is 79.8. The Labute approximate surface area is 879 Å². The van der Waals surface area contributed by atoms with Gasteiger partial charge in [-0.25, -0.2) is 0 Å². The number of furan rings is 4. The van der Waals surface area contributed by atoms with Gasteiger partial charge in [0, 0.05) is 76.1 Å². The number of nitrogens with zero attached hydrogens (tertiary/aromatic N) is 1. The van der Waals surface area contributed by atoms with E-state index in [1.54, 1.807) is 0 Å². The van der Waals surface area contributed by atoms with E-state index in [1.165, 1.54) is 10.8 Å². The van der Waals surface area contributed by atoms with Crippen LogP contribution in [-0.4, -0.2) is 4.57 Å². The number of fused-ring (bicyclic) bond motifs is 21. The van der Waals surface area contributed by atoms with Crippen molar-refractivity contribution >= 4 is 174 Å². The molecule has 149 heavy (non-hydrogen) atoms. The van der Waals surface area contributed by atoms with Crippen molar-refractivity contribution in [3.05, 3.63) is 540 Å². The van der Waals surface area contributed by atoms with Crippen molar-refractivity contribution in [2.24, 2.45) is 0 Å². The van der Waals surface area contributed by atoms with E-state index in [0.717, 1.165) is 258 Å². The average molecular weight is 1910 g/mol. The van der Waals surface area contributed by atoms with Crippen LogP contribution < -0.4 is 0 Å². The van der Waals surface area contributed by atoms with E-state index in [9.17, 15) is 0 Å². The molecule has 31 rings (SSSR count). The number of para-hydroxylation sites is 7. The third kappa shape index (κ3) is 14.2. The first-order valence-corrected chi connectivity index (χ1v) is 49.8. The number of aromatic nitrogens is 1. The van der Waals surface area contributed by atoms with Gasteiger partial charge in [0.15, 0.2) is 0 Å². The third-order valence-electron chi connectivity index (χ3n) is 29.6. The van der Waals surface area contributed by atoms with Crippen LogP contribution in [0.25, 0.3) is 302 Å². The molecule has 0 saturated carbocycles. The summed E-state index contributed by atoms with van der Waals surface area (Å²) in [5.41, 5.74) is 28.7. The van der Waals surface area contributed by atoms with Gasteiger partial charge in [-0.2, -0.15) is 0 Å². The molecular weight excluding hydrogens is 1810 g/mol. The zero-order chi connectivity index (χ0) is 111. The van der Waals surface area contributed by atoms with Gasteiger partial charge in [-0.15, -0.1) is 0 Å². The van der Waals surface area contributed by atoms with Gasteiger partial charge >= 0.3 is 0 Å². The standard InChI is InChI=1S/C50H31NO.C50H30O2.C44H28O/c1-2-15-32(16-3-1)47-37-21-4-6-23-39(37)48(40-24-7-5-22-38(40)47)33-17-14-18-34(31-33)49-44(29-30-46-50(49)41-25-10-13-28-45(41)52-46)51-42-26-11-8-19-35(42)36-20-9-12-27-43(36)51;1-2-14-31(15-3-1)46-35-19-4-6-21-37(35)47(38-22-7-5-20-36(38)46)32-16-12-17-33(30-32)48-39(28-29-45-49(48)42-23-9-11-27-44(42)51-45)41-25-13-24-40-34-18-8-10-26-43(34)52-50(40)41;1-3-14-29(15-4-1)33-26-27-40-44(38-24-11-12-25-39(38)45-40)43(33)32-19-13-18-31(28-32)42-36-22-9-7-20-34(36)41(30-16-5-2-6-17-30)35-21-8-10-23-37(35)42/h1-31H;1-30H;1-28H/i1D,2D,3D,15D,16D;1D,2D,3D,14D,15D;2D,5D,6D,16D,17D. The molecule has 0 N–H and O–H groups in total. The smallest absolute Gasteiger partial charge is 0.143 e. The van der Waals surface area contributed by atoms with Gasteiger partial charge in [0.25, 0.3) is 0 Å². The SMILES string of the molecule is [2H]c1c([2H])c([2H])c(-c2c3ccccc3c(-c3cccc(-c4c(-c5cccc6c5oc5ccccc56)ccc5oc6ccccc6c45)c3)c3ccccc23)c([2H])c1[2H].[2H]c1c([2H])c([2H])c(-c2c3ccccc3c(-c3cccc(-c4c(-c5ccccc5)ccc5oc6ccccc6c45)c3)c3ccccc23)c([2H])c1[2H].[2H]c1c([2H])c([2H])c(-c2c3ccccc3c(-c3cccc(-c4c(-n5c6ccccc6c6ccccc65)ccc5oc6ccccc6c45)c3)c3ccccc23)c([2H])c1[2H]. The summed E-state index contributed by atoms with van der Waals surface area (Å²) in [6.07, 6.45) is 0. The number of hydrogen-bond acceptors (Lipinski definition) is 4. The van der Waals surface area contributed by atoms with Gasteiger partial charge in [0.2, 0.25) is 0 Å². The van der Waals surface area contributed by atoms with Crippen molar-refractivity contribution < 1.29 is 38.2 Å². The van der Waals surface area contributed by atoms with Crippen molar-refractivity contribution in [3.63, 3.8) is 0 Å². The van der Waals surface area contributed by atoms with Crippen LogP contribution in [-0.2, 0) is 0 Å². The van der Waals surface area contributed by atoms with Crippen LogP contribution in [0, 0.1) is 0 Å². The van der Waals surface area contributed by atoms with Crippen LogP contribution in [0.1, 0.15) is 20.6 Å². The Morgan fingerprint density at radius 1 is 0.148 bits per heavy atom. The maximum atomic E-state index is 8.97. The molecule has 5 aromatic heterocycles. The van der Waals surface area contributed by atoms with Crippen molar-refractivity contribution in [2.45, 2.75) is 0 Å². The lowest BCUT2D eigenvalue weighted by Crippen LogP contribution is -1.98. The van der Waals surface area contributed by atoms with Crippen LogP contribution in [0.15, 0.2) is 557 Å². The van der Waals surface area contributed by atoms with Crippen molar-refractivity contribution in [1.29, 1.82) is 0 Å². The molecule has 0 atom stereocenters. The quantitative estimate of drug-likeness (QED) is 0.114. The Morgan fingerprint density at radius 3 is 0.772 bits per heavy atom. The number of rotatable bonds is 12. The van der Waals surface area contributed by atoms with Crippen LogP contribution in [0.2, 0.25) is 0 Å². The van der Waals surface area contributed by atoms with Crippen molar-refractivity contribution in [1.82, 2.24) is 4.57 Å². The normalized spacial score (nSPS) is 13.2. The fourth-order valence-electron chi connectivity index (χ4n) is 23.5. The fourth-order valence-corrected chi connectivity index (χ4v) is 23.5. The second-order valence-electron chi connectivity index (χ2n) is 37.6. The molecule has 31 aromatic rings. The molecule has 0 saturated heterocycles. The summed E-state index contributed by atoms with van der Waals surface area (Å²) in [4.78, 5) is 0. The molecule has 0 unspecified atom stereocenters. The monoisotopic (exact) mass is 1910 g/mol. The van der Waals surface area contributed by atoms with Gasteiger partial charge in [0.05, 0.1) is 37.3 Å². The van der Waals surface area contributed by atoms with Gasteiger partial charge in [-0.05, 0) is 250 Å². The molecule has 0 bridgehead atoms. The van der Waals surface area contributed by atoms with Gasteiger partial charge < -0.3 is 22.2 Å². The molecule has 5 heteroatoms. The Bertz CT molecular complexity index is 11600. The van der Waals surface area contributed by atoms with Gasteiger partial charge in [-0.1, -0.05) is 455 Å². The second-order valence-corrected chi connectivity index (χ2v) is 37.6. The van der Waals surface area contributed by atoms with Gasteiger partial charge in [-0.3, -0.25) is 0 Å². The summed E-state index contributed by atoms with van der Waals surface area (Å²) < 4.78 is 158. The predicted octanol–water partition coefficient (Wildman–Crippen LogP) is 41.0. The maximum Gasteiger partial charge on any atom is 0.143 e. The summed E-state index contributed by atoms with van der Waals surface area (Å²) in [5.74, 6) is 0. The number of hydrogen-bond donors (Lipinski definition) is 0. The lowest BCUT2D eigenvalue weighted by Gasteiger charge is -2.19. The predicted molar refractivity (Wildman–Crippen MR) is 628 cm³/mol. The van der Waals surface area contributed by atoms with E-state index in [-0.39, 0.29) is 89.2 Å². The van der Waals surface area contributed by atoms with Crippen molar-refractivity contribution in [2.75, 3.05) is 0 Å². The Kier molecular flexibility index (Phi) is 17.2. The highest BCUT2D eigenvalue weighted by Crippen LogP contribution is 2.55. The lowest BCUT2D eigenvalue weighted by molar-refractivity contribution is 0.668. The molecule has 0 aliphatic rings. The Balaban J connectivity index is 0.000000113. The molecular formula is C144H89NO4. The second kappa shape index (κ2) is 35.7. The van der Waals surface area contributed by atoms with Crippen LogP contribution >= 0.6 is 0 Å². The first-order valence-electron chi connectivity index (χ1n) is 57.3. The van der Waals surface area contributed by atoms with E-state index in [0.29, 0.717) is 16.7 Å². The maximum absolute atomic E-state index is 8.97. The summed E-state index contributed by atoms with van der Waals surface area (Å²) in [7, 11) is 0. The molecule has 0 aliphatic heterocycles. The average Bonchev–Trinajstić information content (AvgIpc) is 1.21. The van der Waals surface area contributed by atoms with E-state index >= 15 is 0 Å². The Morgan fingerprint density at radius 2 is 0.403 bits per heavy atom. The van der Waals surface area contributed by atoms with E-state index in [1.807, 2.05) is 182 Å². The van der Waals surface area contributed by atoms with E-state index < -0.39 is 18.1 Å². The largest absolute Gasteiger partial charge is 0.456 e. The molecule has 26 aromatic carbocycles. The minimum Gasteiger partial charge on any atom is -0.456 e. The molecule has 0 spiro atoms. The van der Waals surface area contributed by atoms with Crippen LogP contribution in [0.3, 0.4) is 0 Å². The summed E-state index contributed by atoms with van der Waals surface area (Å²) in [5, 5.41) is 21.1. The highest BCUT2D eigenvalue weighted by atomic mass is 16.3. The number of benzene rings is 26. The van der Waals surface area contributed by atoms with E-state index in [4.69, 9.17) is 38.2 Å². The summed E-state index contributed by atoms with van der Waals surface area (Å²) in [6, 6.07) is 148. The molecule has 0 fully saturated rings. The van der Waals surface area contributed by atoms with E-state index in [2.05, 4.69) is 271 Å². The topological polar surface area (TPSA) is 57.5 Å². The van der Waals surface area contributed by atoms with Crippen molar-refractivity contribution in [3.8, 4) is 128 Å². The molecule has 5 heterocycles. The zero-order valence-electron chi connectivity index (χ0n) is 94.8. The first-order chi connectivity index (χ1) is 80.2. The van der Waals surface area contributed by atoms with Crippen LogP contribution in [0.5, 0.6) is 0 Å². The third-order valence-corrected chi connectivity index (χ3v) is 29.6.